The zero-order chi connectivity index (χ0) is 18.0. The van der Waals surface area contributed by atoms with Crippen molar-refractivity contribution in [1.29, 1.82) is 0 Å². The largest absolute Gasteiger partial charge is 0.304 e. The maximum Gasteiger partial charge on any atom is 0.258 e. The number of benzene rings is 1. The van der Waals surface area contributed by atoms with Crippen molar-refractivity contribution in [2.24, 2.45) is 5.92 Å². The SMILES string of the molecule is CC(C)[C@H](NCc1cc(=O)n2cc(Br)ccc2n1)c1ccc(F)cc1. The van der Waals surface area contributed by atoms with Crippen molar-refractivity contribution in [3.8, 4) is 0 Å². The summed E-state index contributed by atoms with van der Waals surface area (Å²) in [7, 11) is 0. The molecule has 1 atom stereocenters. The van der Waals surface area contributed by atoms with E-state index in [4.69, 9.17) is 0 Å². The minimum absolute atomic E-state index is 0.0470. The minimum atomic E-state index is -0.248. The van der Waals surface area contributed by atoms with Crippen LogP contribution in [-0.4, -0.2) is 9.38 Å². The molecule has 0 fully saturated rings. The third-order valence-corrected chi connectivity index (χ3v) is 4.54. The van der Waals surface area contributed by atoms with E-state index >= 15 is 0 Å². The zero-order valence-corrected chi connectivity index (χ0v) is 15.6. The molecular weight excluding hydrogens is 385 g/mol. The molecule has 0 aliphatic carbocycles. The van der Waals surface area contributed by atoms with E-state index in [9.17, 15) is 9.18 Å². The summed E-state index contributed by atoms with van der Waals surface area (Å²) in [5, 5.41) is 3.43. The molecule has 0 radical (unpaired) electrons. The predicted octanol–water partition coefficient (Wildman–Crippen LogP) is 4.08. The van der Waals surface area contributed by atoms with E-state index in [1.165, 1.54) is 22.6 Å². The molecule has 0 spiro atoms. The Morgan fingerprint density at radius 2 is 1.92 bits per heavy atom. The molecule has 1 N–H and O–H groups in total. The van der Waals surface area contributed by atoms with Gasteiger partial charge in [-0.2, -0.15) is 0 Å². The highest BCUT2D eigenvalue weighted by Crippen LogP contribution is 2.22. The van der Waals surface area contributed by atoms with Crippen molar-refractivity contribution in [1.82, 2.24) is 14.7 Å². The highest BCUT2D eigenvalue weighted by atomic mass is 79.9. The lowest BCUT2D eigenvalue weighted by atomic mass is 9.96. The second-order valence-electron chi connectivity index (χ2n) is 6.32. The first-order chi connectivity index (χ1) is 11.9. The summed E-state index contributed by atoms with van der Waals surface area (Å²) in [6, 6.07) is 11.7. The Kier molecular flexibility index (Phi) is 5.30. The van der Waals surface area contributed by atoms with Gasteiger partial charge in [0.2, 0.25) is 0 Å². The van der Waals surface area contributed by atoms with Crippen molar-refractivity contribution in [2.75, 3.05) is 0 Å². The topological polar surface area (TPSA) is 46.4 Å². The van der Waals surface area contributed by atoms with Crippen LogP contribution in [0.2, 0.25) is 0 Å². The van der Waals surface area contributed by atoms with Gasteiger partial charge in [0.1, 0.15) is 11.5 Å². The van der Waals surface area contributed by atoms with Crippen molar-refractivity contribution in [3.05, 3.63) is 80.6 Å². The Morgan fingerprint density at radius 1 is 1.20 bits per heavy atom. The Labute approximate surface area is 153 Å². The van der Waals surface area contributed by atoms with Crippen molar-refractivity contribution in [3.63, 3.8) is 0 Å². The van der Waals surface area contributed by atoms with Gasteiger partial charge >= 0.3 is 0 Å². The molecule has 0 aliphatic heterocycles. The first-order valence-electron chi connectivity index (χ1n) is 8.11. The molecule has 0 unspecified atom stereocenters. The Hall–Kier alpha value is -2.05. The molecule has 25 heavy (non-hydrogen) atoms. The average molecular weight is 404 g/mol. The highest BCUT2D eigenvalue weighted by molar-refractivity contribution is 9.10. The van der Waals surface area contributed by atoms with E-state index in [-0.39, 0.29) is 17.4 Å². The second kappa shape index (κ2) is 7.45. The molecule has 3 aromatic rings. The van der Waals surface area contributed by atoms with Gasteiger partial charge in [-0.3, -0.25) is 9.20 Å². The Morgan fingerprint density at radius 3 is 2.60 bits per heavy atom. The fraction of sp³-hybridized carbons (Fsp3) is 0.263. The molecule has 0 saturated heterocycles. The van der Waals surface area contributed by atoms with E-state index < -0.39 is 0 Å². The quantitative estimate of drug-likeness (QED) is 0.697. The van der Waals surface area contributed by atoms with Crippen molar-refractivity contribution >= 4 is 21.6 Å². The molecular formula is C19H19BrFN3O. The lowest BCUT2D eigenvalue weighted by Gasteiger charge is -2.23. The number of fused-ring (bicyclic) bond motifs is 1. The number of pyridine rings is 1. The summed E-state index contributed by atoms with van der Waals surface area (Å²) in [6.45, 7) is 4.66. The van der Waals surface area contributed by atoms with Gasteiger partial charge in [-0.1, -0.05) is 26.0 Å². The molecule has 0 aliphatic rings. The maximum absolute atomic E-state index is 13.2. The normalized spacial score (nSPS) is 12.7. The monoisotopic (exact) mass is 403 g/mol. The summed E-state index contributed by atoms with van der Waals surface area (Å²) in [5.41, 5.74) is 2.18. The summed E-state index contributed by atoms with van der Waals surface area (Å²) < 4.78 is 15.5. The average Bonchev–Trinajstić information content (AvgIpc) is 2.57. The molecule has 2 heterocycles. The summed E-state index contributed by atoms with van der Waals surface area (Å²) in [4.78, 5) is 16.8. The fourth-order valence-electron chi connectivity index (χ4n) is 2.84. The molecule has 6 heteroatoms. The van der Waals surface area contributed by atoms with Gasteiger partial charge < -0.3 is 5.32 Å². The molecule has 130 valence electrons. The number of aromatic nitrogens is 2. The third kappa shape index (κ3) is 4.14. The number of nitrogens with zero attached hydrogens (tertiary/aromatic N) is 2. The second-order valence-corrected chi connectivity index (χ2v) is 7.23. The van der Waals surface area contributed by atoms with Crippen LogP contribution in [0.1, 0.15) is 31.1 Å². The summed E-state index contributed by atoms with van der Waals surface area (Å²) in [6.07, 6.45) is 1.71. The lowest BCUT2D eigenvalue weighted by Crippen LogP contribution is -2.27. The molecule has 3 rings (SSSR count). The molecule has 0 saturated carbocycles. The van der Waals surface area contributed by atoms with Crippen LogP contribution < -0.4 is 10.9 Å². The van der Waals surface area contributed by atoms with E-state index in [0.717, 1.165) is 10.0 Å². The molecule has 1 aromatic carbocycles. The first-order valence-corrected chi connectivity index (χ1v) is 8.90. The van der Waals surface area contributed by atoms with Gasteiger partial charge in [0.15, 0.2) is 0 Å². The number of rotatable bonds is 5. The van der Waals surface area contributed by atoms with E-state index in [0.29, 0.717) is 23.8 Å². The van der Waals surface area contributed by atoms with E-state index in [2.05, 4.69) is 40.1 Å². The minimum Gasteiger partial charge on any atom is -0.304 e. The van der Waals surface area contributed by atoms with Gasteiger partial charge in [-0.05, 0) is 51.7 Å². The number of nitrogens with one attached hydrogen (secondary N) is 1. The third-order valence-electron chi connectivity index (χ3n) is 4.08. The number of halogens is 2. The molecule has 0 bridgehead atoms. The number of hydrogen-bond acceptors (Lipinski definition) is 3. The van der Waals surface area contributed by atoms with E-state index in [1.807, 2.05) is 6.07 Å². The standard InChI is InChI=1S/C19H19BrFN3O/c1-12(2)19(13-3-6-15(21)7-4-13)22-10-16-9-18(25)24-11-14(20)5-8-17(24)23-16/h3-9,11-12,19,22H,10H2,1-2H3/t19-/m0/s1. The van der Waals surface area contributed by atoms with E-state index in [1.54, 1.807) is 24.4 Å². The number of hydrogen-bond donors (Lipinski definition) is 1. The van der Waals surface area contributed by atoms with Crippen LogP contribution in [0, 0.1) is 11.7 Å². The van der Waals surface area contributed by atoms with Crippen LogP contribution in [0.5, 0.6) is 0 Å². The lowest BCUT2D eigenvalue weighted by molar-refractivity contribution is 0.408. The predicted molar refractivity (Wildman–Crippen MR) is 100.0 cm³/mol. The highest BCUT2D eigenvalue weighted by Gasteiger charge is 2.16. The van der Waals surface area contributed by atoms with Crippen LogP contribution in [0.3, 0.4) is 0 Å². The molecule has 0 amide bonds. The molecule has 2 aromatic heterocycles. The van der Waals surface area contributed by atoms with Gasteiger partial charge in [0.25, 0.3) is 5.56 Å². The van der Waals surface area contributed by atoms with Crippen LogP contribution in [0.4, 0.5) is 4.39 Å². The van der Waals surface area contributed by atoms with Crippen LogP contribution in [0.25, 0.3) is 5.65 Å². The fourth-order valence-corrected chi connectivity index (χ4v) is 3.18. The first kappa shape index (κ1) is 17.8. The van der Waals surface area contributed by atoms with Crippen LogP contribution in [0.15, 0.2) is 57.9 Å². The van der Waals surface area contributed by atoms with Gasteiger partial charge in [-0.15, -0.1) is 0 Å². The maximum atomic E-state index is 13.2. The summed E-state index contributed by atoms with van der Waals surface area (Å²) >= 11 is 3.36. The zero-order valence-electron chi connectivity index (χ0n) is 14.0. The molecule has 4 nitrogen and oxygen atoms in total. The Bertz CT molecular complexity index is 938. The van der Waals surface area contributed by atoms with Crippen LogP contribution in [-0.2, 0) is 6.54 Å². The Balaban J connectivity index is 1.83. The smallest absolute Gasteiger partial charge is 0.258 e. The van der Waals surface area contributed by atoms with Gasteiger partial charge in [0.05, 0.1) is 5.69 Å². The van der Waals surface area contributed by atoms with Gasteiger partial charge in [-0.25, -0.2) is 9.37 Å². The van der Waals surface area contributed by atoms with Crippen molar-refractivity contribution in [2.45, 2.75) is 26.4 Å². The van der Waals surface area contributed by atoms with Crippen molar-refractivity contribution < 1.29 is 4.39 Å². The van der Waals surface area contributed by atoms with Gasteiger partial charge in [0, 0.05) is 29.3 Å². The van der Waals surface area contributed by atoms with Crippen LogP contribution >= 0.6 is 15.9 Å². The summed E-state index contributed by atoms with van der Waals surface area (Å²) in [5.74, 6) is 0.0598.